The molecular formula is C23H26ClN5O4. The Morgan fingerprint density at radius 1 is 1.30 bits per heavy atom. The first kappa shape index (κ1) is 19.2. The van der Waals surface area contributed by atoms with Crippen molar-refractivity contribution in [3.63, 3.8) is 0 Å². The largest absolute Gasteiger partial charge is 0.506 e. The number of likely N-dealkylation sites (N-methyl/N-ethyl adjacent to an activating group) is 2. The number of phenolic OH excluding ortho intramolecular Hbond substituents is 1. The van der Waals surface area contributed by atoms with E-state index in [9.17, 15) is 9.90 Å². The number of hydrogen-bond donors (Lipinski definition) is 2. The molecule has 1 fully saturated rings. The maximum Gasteiger partial charge on any atom is 0.239 e. The summed E-state index contributed by atoms with van der Waals surface area (Å²) < 4.78 is 34.6. The number of aromatic hydroxyl groups is 1. The Kier molecular flexibility index (Phi) is 5.40. The summed E-state index contributed by atoms with van der Waals surface area (Å²) in [6.07, 6.45) is 1.32. The van der Waals surface area contributed by atoms with E-state index in [-0.39, 0.29) is 37.8 Å². The predicted octanol–water partition coefficient (Wildman–Crippen LogP) is 3.28. The van der Waals surface area contributed by atoms with Crippen molar-refractivity contribution < 1.29 is 23.5 Å². The molecule has 0 saturated carbocycles. The number of methoxy groups -OCH3 is 1. The fraction of sp³-hybridized carbons (Fsp3) is 0.348. The number of phenols is 1. The minimum atomic E-state index is -0.630. The molecule has 2 heterocycles. The van der Waals surface area contributed by atoms with Gasteiger partial charge >= 0.3 is 0 Å². The zero-order chi connectivity index (χ0) is 25.8. The molecule has 2 atom stereocenters. The van der Waals surface area contributed by atoms with Crippen LogP contribution in [-0.2, 0) is 4.79 Å². The molecule has 2 N–H and O–H groups in total. The third kappa shape index (κ3) is 4.74. The van der Waals surface area contributed by atoms with Gasteiger partial charge in [-0.25, -0.2) is 9.97 Å². The maximum absolute atomic E-state index is 12.8. The molecule has 1 aliphatic rings. The second-order valence-electron chi connectivity index (χ2n) is 7.67. The number of ether oxygens (including phenoxy) is 2. The molecule has 2 aromatic carbocycles. The number of halogens is 1. The Bertz CT molecular complexity index is 1250. The number of nitrogens with zero attached hydrogens (tertiary/aromatic N) is 4. The molecule has 3 aromatic rings. The van der Waals surface area contributed by atoms with Crippen molar-refractivity contribution in [3.05, 3.63) is 41.7 Å². The van der Waals surface area contributed by atoms with Gasteiger partial charge in [0.25, 0.3) is 0 Å². The van der Waals surface area contributed by atoms with E-state index < -0.39 is 12.1 Å². The average Bonchev–Trinajstić information content (AvgIpc) is 3.29. The van der Waals surface area contributed by atoms with E-state index in [1.807, 2.05) is 0 Å². The van der Waals surface area contributed by atoms with Crippen LogP contribution in [0.25, 0.3) is 10.9 Å². The number of rotatable bonds is 6. The number of amides is 1. The summed E-state index contributed by atoms with van der Waals surface area (Å²) in [4.78, 5) is 24.2. The van der Waals surface area contributed by atoms with Crippen LogP contribution in [0.5, 0.6) is 17.2 Å². The Balaban J connectivity index is 1.62. The molecule has 4 rings (SSSR count). The monoisotopic (exact) mass is 474 g/mol. The molecule has 0 bridgehead atoms. The van der Waals surface area contributed by atoms with Crippen molar-refractivity contribution in [2.24, 2.45) is 0 Å². The number of anilines is 2. The van der Waals surface area contributed by atoms with E-state index in [1.165, 1.54) is 19.5 Å². The van der Waals surface area contributed by atoms with Gasteiger partial charge in [-0.15, -0.1) is 0 Å². The van der Waals surface area contributed by atoms with Gasteiger partial charge in [-0.1, -0.05) is 11.6 Å². The summed E-state index contributed by atoms with van der Waals surface area (Å²) in [6.45, 7) is 0.341. The van der Waals surface area contributed by atoms with Crippen LogP contribution in [0.4, 0.5) is 11.5 Å². The number of carbonyl (C=O) groups is 1. The second kappa shape index (κ2) is 9.29. The molecule has 0 spiro atoms. The van der Waals surface area contributed by atoms with Crippen LogP contribution in [0.15, 0.2) is 36.7 Å². The highest BCUT2D eigenvalue weighted by Gasteiger charge is 2.36. The van der Waals surface area contributed by atoms with Gasteiger partial charge in [0, 0.05) is 48.3 Å². The smallest absolute Gasteiger partial charge is 0.239 e. The van der Waals surface area contributed by atoms with Gasteiger partial charge in [0.1, 0.15) is 24.0 Å². The van der Waals surface area contributed by atoms with Gasteiger partial charge in [-0.3, -0.25) is 9.69 Å². The molecule has 1 aromatic heterocycles. The van der Waals surface area contributed by atoms with Crippen molar-refractivity contribution in [1.29, 1.82) is 0 Å². The van der Waals surface area contributed by atoms with Gasteiger partial charge in [0.05, 0.1) is 23.7 Å². The van der Waals surface area contributed by atoms with Crippen LogP contribution in [0.3, 0.4) is 0 Å². The van der Waals surface area contributed by atoms with E-state index in [1.54, 1.807) is 29.2 Å². The lowest BCUT2D eigenvalue weighted by atomic mass is 10.1. The van der Waals surface area contributed by atoms with E-state index in [2.05, 4.69) is 15.3 Å². The van der Waals surface area contributed by atoms with Crippen molar-refractivity contribution in [1.82, 2.24) is 19.8 Å². The first-order valence-corrected chi connectivity index (χ1v) is 10.4. The Labute approximate surface area is 201 Å². The molecule has 10 heteroatoms. The van der Waals surface area contributed by atoms with Crippen molar-refractivity contribution in [2.75, 3.05) is 40.0 Å². The van der Waals surface area contributed by atoms with Crippen LogP contribution in [0, 0.1) is 0 Å². The maximum atomic E-state index is 12.8. The Morgan fingerprint density at radius 2 is 2.15 bits per heavy atom. The standard InChI is InChI=1S/C23H26ClN5O4/c1-28(2)23(31)18-8-14(11-29(18)3)33-21-9-15-17(10-20(21)32-4)25-12-26-22(15)27-13-5-6-19(30)16(24)7-13/h5-7,9-10,12,14,18,30H,8,11H2,1-4H3,(H,25,26,27)/t14-,18-/m0/s1/i1D,2D,3D. The SMILES string of the molecule is [2H]CN(C[2H])C(=O)[C@@H]1C[C@H](Oc2cc3c(Nc4ccc(O)c(Cl)c4)ncnc3cc2OC)CN1C[2H]. The highest BCUT2D eigenvalue weighted by molar-refractivity contribution is 6.32. The number of carbonyl (C=O) groups excluding carboxylic acids is 1. The number of fused-ring (bicyclic) bond motifs is 1. The highest BCUT2D eigenvalue weighted by atomic mass is 35.5. The van der Waals surface area contributed by atoms with Crippen LogP contribution in [0.1, 0.15) is 10.5 Å². The Hall–Kier alpha value is -3.30. The first-order valence-electron chi connectivity index (χ1n) is 12.2. The van der Waals surface area contributed by atoms with Crippen LogP contribution < -0.4 is 14.8 Å². The summed E-state index contributed by atoms with van der Waals surface area (Å²) in [5.74, 6) is 0.983. The lowest BCUT2D eigenvalue weighted by Gasteiger charge is -2.21. The van der Waals surface area contributed by atoms with Crippen LogP contribution >= 0.6 is 11.6 Å². The average molecular weight is 475 g/mol. The van der Waals surface area contributed by atoms with E-state index >= 15 is 0 Å². The molecule has 1 aliphatic heterocycles. The molecular weight excluding hydrogens is 446 g/mol. The zero-order valence-corrected chi connectivity index (χ0v) is 18.7. The predicted molar refractivity (Wildman–Crippen MR) is 127 cm³/mol. The quantitative estimate of drug-likeness (QED) is 0.525. The van der Waals surface area contributed by atoms with E-state index in [0.717, 1.165) is 4.90 Å². The molecule has 0 radical (unpaired) electrons. The Morgan fingerprint density at radius 3 is 2.88 bits per heavy atom. The molecule has 174 valence electrons. The van der Waals surface area contributed by atoms with Crippen LogP contribution in [0.2, 0.25) is 5.02 Å². The minimum absolute atomic E-state index is 0.0289. The van der Waals surface area contributed by atoms with Crippen molar-refractivity contribution >= 4 is 39.9 Å². The lowest BCUT2D eigenvalue weighted by Crippen LogP contribution is -2.40. The molecule has 0 unspecified atom stereocenters. The van der Waals surface area contributed by atoms with Crippen molar-refractivity contribution in [2.45, 2.75) is 18.6 Å². The van der Waals surface area contributed by atoms with Gasteiger partial charge in [-0.05, 0) is 31.3 Å². The topological polar surface area (TPSA) is 100 Å². The second-order valence-corrected chi connectivity index (χ2v) is 8.08. The fourth-order valence-electron chi connectivity index (χ4n) is 3.73. The minimum Gasteiger partial charge on any atom is -0.506 e. The number of nitrogens with one attached hydrogen (secondary N) is 1. The molecule has 33 heavy (non-hydrogen) atoms. The van der Waals surface area contributed by atoms with Crippen molar-refractivity contribution in [3.8, 4) is 17.2 Å². The zero-order valence-electron chi connectivity index (χ0n) is 21.0. The number of likely N-dealkylation sites (tertiary alicyclic amines) is 1. The summed E-state index contributed by atoms with van der Waals surface area (Å²) in [5, 5.41) is 13.7. The normalized spacial score (nSPS) is 19.5. The molecule has 1 saturated heterocycles. The number of hydrogen-bond acceptors (Lipinski definition) is 8. The van der Waals surface area contributed by atoms with Gasteiger partial charge < -0.3 is 24.8 Å². The molecule has 1 amide bonds. The third-order valence-electron chi connectivity index (χ3n) is 5.39. The third-order valence-corrected chi connectivity index (χ3v) is 5.69. The van der Waals surface area contributed by atoms with Gasteiger partial charge in [-0.2, -0.15) is 0 Å². The van der Waals surface area contributed by atoms with E-state index in [0.29, 0.717) is 46.9 Å². The molecule has 0 aliphatic carbocycles. The van der Waals surface area contributed by atoms with E-state index in [4.69, 9.17) is 25.2 Å². The molecule has 9 nitrogen and oxygen atoms in total. The summed E-state index contributed by atoms with van der Waals surface area (Å²) in [5.41, 5.74) is 1.23. The first-order chi connectivity index (χ1) is 17.4. The summed E-state index contributed by atoms with van der Waals surface area (Å²) in [7, 11) is 0.795. The lowest BCUT2D eigenvalue weighted by molar-refractivity contribution is -0.133. The summed E-state index contributed by atoms with van der Waals surface area (Å²) >= 11 is 6.03. The summed E-state index contributed by atoms with van der Waals surface area (Å²) in [6, 6.07) is 7.56. The van der Waals surface area contributed by atoms with Crippen LogP contribution in [-0.4, -0.2) is 77.7 Å². The van der Waals surface area contributed by atoms with Gasteiger partial charge in [0.15, 0.2) is 11.5 Å². The highest BCUT2D eigenvalue weighted by Crippen LogP contribution is 2.37. The van der Waals surface area contributed by atoms with Gasteiger partial charge in [0.2, 0.25) is 5.91 Å². The fourth-order valence-corrected chi connectivity index (χ4v) is 3.91. The number of benzene rings is 2. The number of aromatic nitrogens is 2.